The van der Waals surface area contributed by atoms with Crippen LogP contribution in [0.1, 0.15) is 56.3 Å². The zero-order chi connectivity index (χ0) is 27.2. The topological polar surface area (TPSA) is 71.8 Å². The Labute approximate surface area is 233 Å². The number of aryl methyl sites for hydroxylation is 1. The van der Waals surface area contributed by atoms with Crippen LogP contribution in [0.25, 0.3) is 10.9 Å². The van der Waals surface area contributed by atoms with E-state index in [1.807, 2.05) is 47.9 Å². The molecule has 8 heteroatoms. The van der Waals surface area contributed by atoms with Crippen LogP contribution in [0.2, 0.25) is 10.2 Å². The highest BCUT2D eigenvalue weighted by Gasteiger charge is 2.52. The van der Waals surface area contributed by atoms with Crippen LogP contribution in [0.4, 0.5) is 0 Å². The van der Waals surface area contributed by atoms with Crippen molar-refractivity contribution in [2.75, 3.05) is 6.54 Å². The number of fused-ring (bicyclic) bond motifs is 1. The van der Waals surface area contributed by atoms with E-state index >= 15 is 0 Å². The van der Waals surface area contributed by atoms with Crippen molar-refractivity contribution in [1.82, 2.24) is 25.2 Å². The Kier molecular flexibility index (Phi) is 7.12. The second-order valence-corrected chi connectivity index (χ2v) is 12.0. The summed E-state index contributed by atoms with van der Waals surface area (Å²) in [5.74, 6) is 0.524. The van der Waals surface area contributed by atoms with Crippen LogP contribution in [-0.4, -0.2) is 26.6 Å². The van der Waals surface area contributed by atoms with Crippen LogP contribution in [0.5, 0.6) is 0 Å². The fraction of sp³-hybridized carbons (Fsp3) is 0.367. The maximum Gasteiger partial charge on any atom is 0.261 e. The normalized spacial score (nSPS) is 19.8. The van der Waals surface area contributed by atoms with Gasteiger partial charge < -0.3 is 0 Å². The van der Waals surface area contributed by atoms with Crippen molar-refractivity contribution in [3.8, 4) is 0 Å². The van der Waals surface area contributed by atoms with E-state index in [2.05, 4.69) is 49.4 Å². The van der Waals surface area contributed by atoms with E-state index in [1.165, 1.54) is 0 Å². The molecule has 0 amide bonds. The van der Waals surface area contributed by atoms with Gasteiger partial charge in [0.05, 0.1) is 23.4 Å². The van der Waals surface area contributed by atoms with Crippen molar-refractivity contribution in [1.29, 1.82) is 0 Å². The van der Waals surface area contributed by atoms with E-state index < -0.39 is 5.66 Å². The molecule has 0 saturated carbocycles. The molecule has 0 bridgehead atoms. The summed E-state index contributed by atoms with van der Waals surface area (Å²) in [5.41, 5.74) is 2.34. The molecule has 38 heavy (non-hydrogen) atoms. The average molecular weight is 551 g/mol. The SMILES string of the molecule is Cc1cc(C2(C(c3nc4cc(Cl)ccc4c(=O)n3Cc3ccccc3)C(C)C)NCC(C)(C)N2)cc(Cl)n1. The van der Waals surface area contributed by atoms with Gasteiger partial charge in [0.15, 0.2) is 0 Å². The first-order valence-corrected chi connectivity index (χ1v) is 13.7. The lowest BCUT2D eigenvalue weighted by Crippen LogP contribution is -2.56. The van der Waals surface area contributed by atoms with Gasteiger partial charge in [-0.15, -0.1) is 0 Å². The Morgan fingerprint density at radius 2 is 1.76 bits per heavy atom. The average Bonchev–Trinajstić information content (AvgIpc) is 3.17. The van der Waals surface area contributed by atoms with Gasteiger partial charge in [0.25, 0.3) is 5.56 Å². The summed E-state index contributed by atoms with van der Waals surface area (Å²) in [6.45, 7) is 11.7. The zero-order valence-electron chi connectivity index (χ0n) is 22.3. The summed E-state index contributed by atoms with van der Waals surface area (Å²) >= 11 is 12.9. The van der Waals surface area contributed by atoms with E-state index in [0.29, 0.717) is 33.4 Å². The van der Waals surface area contributed by atoms with E-state index in [-0.39, 0.29) is 22.9 Å². The van der Waals surface area contributed by atoms with Crippen molar-refractivity contribution in [2.45, 2.75) is 58.3 Å². The second kappa shape index (κ2) is 10.1. The van der Waals surface area contributed by atoms with Crippen LogP contribution in [0.15, 0.2) is 65.5 Å². The number of hydrogen-bond acceptors (Lipinski definition) is 5. The van der Waals surface area contributed by atoms with Crippen LogP contribution in [0.3, 0.4) is 0 Å². The monoisotopic (exact) mass is 549 g/mol. The third-order valence-electron chi connectivity index (χ3n) is 7.26. The molecule has 5 rings (SSSR count). The highest BCUT2D eigenvalue weighted by molar-refractivity contribution is 6.31. The summed E-state index contributed by atoms with van der Waals surface area (Å²) in [6, 6.07) is 19.2. The van der Waals surface area contributed by atoms with Gasteiger partial charge in [-0.3, -0.25) is 20.0 Å². The summed E-state index contributed by atoms with van der Waals surface area (Å²) in [4.78, 5) is 23.7. The van der Waals surface area contributed by atoms with Crippen LogP contribution in [0, 0.1) is 12.8 Å². The molecule has 2 unspecified atom stereocenters. The molecule has 2 aromatic heterocycles. The van der Waals surface area contributed by atoms with E-state index in [4.69, 9.17) is 28.2 Å². The lowest BCUT2D eigenvalue weighted by molar-refractivity contribution is 0.194. The number of nitrogens with one attached hydrogen (secondary N) is 2. The molecule has 4 aromatic rings. The zero-order valence-corrected chi connectivity index (χ0v) is 23.9. The number of halogens is 2. The molecular weight excluding hydrogens is 517 g/mol. The Hall–Kier alpha value is -2.77. The van der Waals surface area contributed by atoms with Gasteiger partial charge in [-0.05, 0) is 68.1 Å². The van der Waals surface area contributed by atoms with Crippen LogP contribution >= 0.6 is 23.2 Å². The Bertz CT molecular complexity index is 1530. The van der Waals surface area contributed by atoms with Crippen molar-refractivity contribution >= 4 is 34.1 Å². The molecular formula is C30H33Cl2N5O. The van der Waals surface area contributed by atoms with Gasteiger partial charge >= 0.3 is 0 Å². The fourth-order valence-corrected chi connectivity index (χ4v) is 6.16. The molecule has 6 nitrogen and oxygen atoms in total. The largest absolute Gasteiger partial charge is 0.293 e. The molecule has 1 saturated heterocycles. The van der Waals surface area contributed by atoms with Gasteiger partial charge in [0.2, 0.25) is 0 Å². The molecule has 1 aliphatic heterocycles. The lowest BCUT2D eigenvalue weighted by atomic mass is 9.77. The van der Waals surface area contributed by atoms with Crippen molar-refractivity contribution in [3.63, 3.8) is 0 Å². The third-order valence-corrected chi connectivity index (χ3v) is 7.69. The number of benzene rings is 2. The summed E-state index contributed by atoms with van der Waals surface area (Å²) in [7, 11) is 0. The first kappa shape index (κ1) is 26.8. The highest BCUT2D eigenvalue weighted by atomic mass is 35.5. The maximum absolute atomic E-state index is 14.1. The number of nitrogens with zero attached hydrogens (tertiary/aromatic N) is 3. The number of aromatic nitrogens is 3. The molecule has 1 aliphatic rings. The third kappa shape index (κ3) is 4.98. The minimum atomic E-state index is -0.751. The number of hydrogen-bond donors (Lipinski definition) is 2. The van der Waals surface area contributed by atoms with E-state index in [9.17, 15) is 4.79 Å². The van der Waals surface area contributed by atoms with Gasteiger partial charge in [-0.2, -0.15) is 0 Å². The van der Waals surface area contributed by atoms with Gasteiger partial charge in [-0.25, -0.2) is 9.97 Å². The molecule has 0 spiro atoms. The highest BCUT2D eigenvalue weighted by Crippen LogP contribution is 2.44. The first-order valence-electron chi connectivity index (χ1n) is 12.9. The molecule has 0 radical (unpaired) electrons. The predicted molar refractivity (Wildman–Crippen MR) is 155 cm³/mol. The van der Waals surface area contributed by atoms with Crippen LogP contribution in [-0.2, 0) is 12.2 Å². The Morgan fingerprint density at radius 3 is 2.39 bits per heavy atom. The summed E-state index contributed by atoms with van der Waals surface area (Å²) in [6.07, 6.45) is 0. The molecule has 2 atom stereocenters. The molecule has 1 fully saturated rings. The Morgan fingerprint density at radius 1 is 1.03 bits per heavy atom. The molecule has 198 valence electrons. The van der Waals surface area contributed by atoms with Gasteiger partial charge in [-0.1, -0.05) is 67.4 Å². The van der Waals surface area contributed by atoms with Crippen molar-refractivity contribution in [3.05, 3.63) is 104 Å². The Balaban J connectivity index is 1.82. The maximum atomic E-state index is 14.1. The quantitative estimate of drug-likeness (QED) is 0.288. The smallest absolute Gasteiger partial charge is 0.261 e. The van der Waals surface area contributed by atoms with Crippen LogP contribution < -0.4 is 16.2 Å². The standard InChI is InChI=1S/C30H33Cl2N5O/c1-18(2)26(30(33-17-29(4,5)36-30)21-13-19(3)34-25(32)14-21)27-35-24-15-22(31)11-12-23(24)28(38)37(27)16-20-9-7-6-8-10-20/h6-15,18,26,33,36H,16-17H2,1-5H3. The first-order chi connectivity index (χ1) is 18.0. The second-order valence-electron chi connectivity index (χ2n) is 11.2. The molecule has 2 N–H and O–H groups in total. The fourth-order valence-electron chi connectivity index (χ4n) is 5.74. The summed E-state index contributed by atoms with van der Waals surface area (Å²) < 4.78 is 1.82. The number of rotatable bonds is 6. The van der Waals surface area contributed by atoms with Crippen molar-refractivity contribution in [2.24, 2.45) is 5.92 Å². The minimum absolute atomic E-state index is 0.0849. The predicted octanol–water partition coefficient (Wildman–Crippen LogP) is 6.02. The molecule has 3 heterocycles. The van der Waals surface area contributed by atoms with Crippen molar-refractivity contribution < 1.29 is 0 Å². The van der Waals surface area contributed by atoms with E-state index in [0.717, 1.165) is 23.4 Å². The van der Waals surface area contributed by atoms with Gasteiger partial charge in [0.1, 0.15) is 16.6 Å². The molecule has 0 aliphatic carbocycles. The number of pyridine rings is 1. The lowest BCUT2D eigenvalue weighted by Gasteiger charge is -2.42. The summed E-state index contributed by atoms with van der Waals surface area (Å²) in [5, 5.41) is 9.20. The van der Waals surface area contributed by atoms with E-state index in [1.54, 1.807) is 18.2 Å². The van der Waals surface area contributed by atoms with Gasteiger partial charge in [0, 0.05) is 22.8 Å². The minimum Gasteiger partial charge on any atom is -0.293 e. The molecule has 2 aromatic carbocycles.